The van der Waals surface area contributed by atoms with E-state index in [1.807, 2.05) is 31.2 Å². The molecule has 3 nitrogen and oxygen atoms in total. The molecule has 1 aromatic carbocycles. The van der Waals surface area contributed by atoms with Gasteiger partial charge in [-0.3, -0.25) is 0 Å². The summed E-state index contributed by atoms with van der Waals surface area (Å²) in [4.78, 5) is 11.3. The van der Waals surface area contributed by atoms with Crippen LogP contribution in [0.5, 0.6) is 5.75 Å². The Morgan fingerprint density at radius 3 is 3.00 bits per heavy atom. The fraction of sp³-hybridized carbons (Fsp3) is 0.250. The molecule has 3 heteroatoms. The van der Waals surface area contributed by atoms with Crippen molar-refractivity contribution in [1.82, 2.24) is 0 Å². The van der Waals surface area contributed by atoms with Gasteiger partial charge in [-0.2, -0.15) is 0 Å². The summed E-state index contributed by atoms with van der Waals surface area (Å²) in [6, 6.07) is 5.84. The van der Waals surface area contributed by atoms with E-state index in [0.717, 1.165) is 16.9 Å². The average molecular weight is 204 g/mol. The zero-order chi connectivity index (χ0) is 10.8. The van der Waals surface area contributed by atoms with E-state index in [1.54, 1.807) is 0 Å². The molecule has 0 saturated carbocycles. The third kappa shape index (κ3) is 1.73. The lowest BCUT2D eigenvalue weighted by Gasteiger charge is -2.18. The number of aryl methyl sites for hydroxylation is 1. The molecule has 2 rings (SSSR count). The topological polar surface area (TPSA) is 35.5 Å². The average Bonchev–Trinajstić information content (AvgIpc) is 2.28. The van der Waals surface area contributed by atoms with E-state index < -0.39 is 0 Å². The number of para-hydroxylation sites is 1. The van der Waals surface area contributed by atoms with Gasteiger partial charge >= 0.3 is 5.97 Å². The van der Waals surface area contributed by atoms with Gasteiger partial charge in [0.15, 0.2) is 0 Å². The molecule has 0 amide bonds. The van der Waals surface area contributed by atoms with Crippen LogP contribution >= 0.6 is 0 Å². The van der Waals surface area contributed by atoms with Crippen LogP contribution in [0.25, 0.3) is 6.08 Å². The maximum atomic E-state index is 11.3. The van der Waals surface area contributed by atoms with Crippen molar-refractivity contribution in [2.75, 3.05) is 13.7 Å². The number of hydrogen-bond donors (Lipinski definition) is 0. The number of ether oxygens (including phenoxy) is 2. The minimum atomic E-state index is -0.331. The van der Waals surface area contributed by atoms with Crippen molar-refractivity contribution in [2.24, 2.45) is 0 Å². The first-order valence-electron chi connectivity index (χ1n) is 4.73. The highest BCUT2D eigenvalue weighted by molar-refractivity contribution is 5.95. The number of methoxy groups -OCH3 is 1. The highest BCUT2D eigenvalue weighted by atomic mass is 16.5. The molecule has 0 aromatic heterocycles. The van der Waals surface area contributed by atoms with E-state index >= 15 is 0 Å². The van der Waals surface area contributed by atoms with Crippen molar-refractivity contribution < 1.29 is 14.3 Å². The summed E-state index contributed by atoms with van der Waals surface area (Å²) >= 11 is 0. The first-order chi connectivity index (χ1) is 7.22. The second kappa shape index (κ2) is 3.77. The van der Waals surface area contributed by atoms with Crippen LogP contribution in [0.4, 0.5) is 0 Å². The molecule has 0 bridgehead atoms. The van der Waals surface area contributed by atoms with Crippen LogP contribution in [0.15, 0.2) is 23.8 Å². The highest BCUT2D eigenvalue weighted by Crippen LogP contribution is 2.29. The summed E-state index contributed by atoms with van der Waals surface area (Å²) in [6.45, 7) is 2.26. The molecule has 0 fully saturated rings. The number of fused-ring (bicyclic) bond motifs is 1. The van der Waals surface area contributed by atoms with Crippen molar-refractivity contribution in [3.63, 3.8) is 0 Å². The molecule has 0 atom stereocenters. The molecule has 0 spiro atoms. The second-order valence-corrected chi connectivity index (χ2v) is 3.44. The minimum Gasteiger partial charge on any atom is -0.488 e. The molecule has 1 aromatic rings. The molecular formula is C12H12O3. The maximum absolute atomic E-state index is 11.3. The number of benzene rings is 1. The number of rotatable bonds is 1. The van der Waals surface area contributed by atoms with Gasteiger partial charge in [-0.25, -0.2) is 4.79 Å². The first-order valence-corrected chi connectivity index (χ1v) is 4.73. The number of carbonyl (C=O) groups excluding carboxylic acids is 1. The van der Waals surface area contributed by atoms with Crippen LogP contribution in [0.3, 0.4) is 0 Å². The predicted octanol–water partition coefficient (Wildman–Crippen LogP) is 1.94. The second-order valence-electron chi connectivity index (χ2n) is 3.44. The van der Waals surface area contributed by atoms with Crippen molar-refractivity contribution in [2.45, 2.75) is 6.92 Å². The van der Waals surface area contributed by atoms with E-state index in [4.69, 9.17) is 4.74 Å². The van der Waals surface area contributed by atoms with E-state index in [-0.39, 0.29) is 12.6 Å². The monoisotopic (exact) mass is 204 g/mol. The van der Waals surface area contributed by atoms with Crippen LogP contribution in [0.2, 0.25) is 0 Å². The summed E-state index contributed by atoms with van der Waals surface area (Å²) < 4.78 is 10.2. The summed E-state index contributed by atoms with van der Waals surface area (Å²) in [7, 11) is 1.37. The predicted molar refractivity (Wildman–Crippen MR) is 56.7 cm³/mol. The Morgan fingerprint density at radius 2 is 2.27 bits per heavy atom. The Labute approximate surface area is 88.3 Å². The van der Waals surface area contributed by atoms with Gasteiger partial charge in [-0.15, -0.1) is 0 Å². The molecular weight excluding hydrogens is 192 g/mol. The van der Waals surface area contributed by atoms with Crippen LogP contribution in [-0.4, -0.2) is 19.7 Å². The van der Waals surface area contributed by atoms with Crippen molar-refractivity contribution in [3.8, 4) is 5.75 Å². The third-order valence-electron chi connectivity index (χ3n) is 2.39. The van der Waals surface area contributed by atoms with Crippen molar-refractivity contribution >= 4 is 12.0 Å². The molecule has 0 aliphatic carbocycles. The zero-order valence-corrected chi connectivity index (χ0v) is 8.74. The van der Waals surface area contributed by atoms with Gasteiger partial charge in [-0.1, -0.05) is 18.2 Å². The Bertz CT molecular complexity index is 432. The molecule has 78 valence electrons. The Kier molecular flexibility index (Phi) is 2.46. The Balaban J connectivity index is 2.42. The largest absolute Gasteiger partial charge is 0.488 e. The van der Waals surface area contributed by atoms with Gasteiger partial charge in [0.25, 0.3) is 0 Å². The minimum absolute atomic E-state index is 0.282. The smallest absolute Gasteiger partial charge is 0.337 e. The molecule has 1 aliphatic heterocycles. The summed E-state index contributed by atoms with van der Waals surface area (Å²) in [5.74, 6) is 0.521. The standard InChI is InChI=1S/C12H12O3/c1-8-4-3-5-9-6-10(12(13)14-2)7-15-11(8)9/h3-6H,7H2,1-2H3. The van der Waals surface area contributed by atoms with E-state index in [1.165, 1.54) is 7.11 Å². The van der Waals surface area contributed by atoms with E-state index in [0.29, 0.717) is 5.57 Å². The molecule has 1 aliphatic rings. The van der Waals surface area contributed by atoms with Crippen LogP contribution < -0.4 is 4.74 Å². The zero-order valence-electron chi connectivity index (χ0n) is 8.74. The lowest BCUT2D eigenvalue weighted by molar-refractivity contribution is -0.136. The molecule has 1 heterocycles. The van der Waals surface area contributed by atoms with Gasteiger partial charge < -0.3 is 9.47 Å². The van der Waals surface area contributed by atoms with Crippen molar-refractivity contribution in [1.29, 1.82) is 0 Å². The summed E-state index contributed by atoms with van der Waals surface area (Å²) in [6.07, 6.45) is 1.82. The highest BCUT2D eigenvalue weighted by Gasteiger charge is 2.18. The summed E-state index contributed by atoms with van der Waals surface area (Å²) in [5, 5.41) is 0. The quantitative estimate of drug-likeness (QED) is 0.656. The van der Waals surface area contributed by atoms with Crippen molar-refractivity contribution in [3.05, 3.63) is 34.9 Å². The SMILES string of the molecule is COC(=O)C1=Cc2cccc(C)c2OC1. The van der Waals surface area contributed by atoms with Gasteiger partial charge in [0.1, 0.15) is 12.4 Å². The fourth-order valence-corrected chi connectivity index (χ4v) is 1.61. The Hall–Kier alpha value is -1.77. The van der Waals surface area contributed by atoms with E-state index in [2.05, 4.69) is 4.74 Å². The van der Waals surface area contributed by atoms with E-state index in [9.17, 15) is 4.79 Å². The van der Waals surface area contributed by atoms with Gasteiger partial charge in [0, 0.05) is 5.56 Å². The molecule has 0 saturated heterocycles. The molecule has 15 heavy (non-hydrogen) atoms. The van der Waals surface area contributed by atoms with Gasteiger partial charge in [0.05, 0.1) is 12.7 Å². The maximum Gasteiger partial charge on any atom is 0.337 e. The molecule has 0 unspecified atom stereocenters. The summed E-state index contributed by atoms with van der Waals surface area (Å²) in [5.41, 5.74) is 2.56. The Morgan fingerprint density at radius 1 is 1.47 bits per heavy atom. The number of carbonyl (C=O) groups is 1. The number of hydrogen-bond acceptors (Lipinski definition) is 3. The third-order valence-corrected chi connectivity index (χ3v) is 2.39. The van der Waals surface area contributed by atoms with Crippen LogP contribution in [0, 0.1) is 6.92 Å². The fourth-order valence-electron chi connectivity index (χ4n) is 1.61. The lowest BCUT2D eigenvalue weighted by Crippen LogP contribution is -2.16. The van der Waals surface area contributed by atoms with Crippen LogP contribution in [-0.2, 0) is 9.53 Å². The lowest BCUT2D eigenvalue weighted by atomic mass is 10.0. The molecule has 0 radical (unpaired) electrons. The first kappa shape index (κ1) is 9.77. The van der Waals surface area contributed by atoms with Crippen LogP contribution in [0.1, 0.15) is 11.1 Å². The normalized spacial score (nSPS) is 13.6. The molecule has 0 N–H and O–H groups in total. The van der Waals surface area contributed by atoms with Gasteiger partial charge in [0.2, 0.25) is 0 Å². The van der Waals surface area contributed by atoms with Gasteiger partial charge in [-0.05, 0) is 18.6 Å². The number of esters is 1.